The van der Waals surface area contributed by atoms with Gasteiger partial charge in [0.2, 0.25) is 0 Å². The van der Waals surface area contributed by atoms with Gasteiger partial charge in [0, 0.05) is 6.54 Å². The minimum Gasteiger partial charge on any atom is -0.375 e. The van der Waals surface area contributed by atoms with E-state index >= 15 is 0 Å². The first kappa shape index (κ1) is 9.37. The Balaban J connectivity index is 1.61. The van der Waals surface area contributed by atoms with E-state index in [1.165, 1.54) is 18.4 Å². The molecule has 0 spiro atoms. The molecule has 1 aromatic carbocycles. The molecular formula is C13H17NO. The second kappa shape index (κ2) is 3.95. The van der Waals surface area contributed by atoms with Crippen LogP contribution in [0.1, 0.15) is 24.4 Å². The van der Waals surface area contributed by atoms with Crippen LogP contribution < -0.4 is 5.32 Å². The molecule has 2 atom stereocenters. The molecule has 0 radical (unpaired) electrons. The Morgan fingerprint density at radius 3 is 2.53 bits per heavy atom. The summed E-state index contributed by atoms with van der Waals surface area (Å²) in [7, 11) is 0. The van der Waals surface area contributed by atoms with Crippen molar-refractivity contribution in [1.29, 1.82) is 0 Å². The van der Waals surface area contributed by atoms with Crippen molar-refractivity contribution in [3.8, 4) is 0 Å². The molecule has 15 heavy (non-hydrogen) atoms. The maximum absolute atomic E-state index is 5.91. The molecule has 2 fully saturated rings. The number of benzene rings is 1. The summed E-state index contributed by atoms with van der Waals surface area (Å²) >= 11 is 0. The number of morpholine rings is 1. The minimum absolute atomic E-state index is 0.390. The highest BCUT2D eigenvalue weighted by Crippen LogP contribution is 2.36. The van der Waals surface area contributed by atoms with Gasteiger partial charge in [-0.25, -0.2) is 0 Å². The Hall–Kier alpha value is -0.860. The van der Waals surface area contributed by atoms with Gasteiger partial charge in [-0.3, -0.25) is 0 Å². The summed E-state index contributed by atoms with van der Waals surface area (Å²) in [6.45, 7) is 1.84. The van der Waals surface area contributed by atoms with Gasteiger partial charge in [-0.05, 0) is 24.3 Å². The van der Waals surface area contributed by atoms with E-state index in [4.69, 9.17) is 4.74 Å². The minimum atomic E-state index is 0.390. The molecule has 0 unspecified atom stereocenters. The SMILES string of the molecule is c1ccc([C@@H]2CO[C@@H](C3CC3)CN2)cc1. The first-order valence-electron chi connectivity index (χ1n) is 5.83. The van der Waals surface area contributed by atoms with Crippen molar-refractivity contribution in [2.24, 2.45) is 5.92 Å². The zero-order valence-corrected chi connectivity index (χ0v) is 8.86. The summed E-state index contributed by atoms with van der Waals surface area (Å²) in [4.78, 5) is 0. The van der Waals surface area contributed by atoms with Crippen molar-refractivity contribution in [3.05, 3.63) is 35.9 Å². The summed E-state index contributed by atoms with van der Waals surface area (Å²) in [6.07, 6.45) is 3.20. The van der Waals surface area contributed by atoms with Gasteiger partial charge in [-0.1, -0.05) is 30.3 Å². The molecule has 0 aromatic heterocycles. The molecule has 1 aliphatic heterocycles. The lowest BCUT2D eigenvalue weighted by Gasteiger charge is -2.30. The third-order valence-electron chi connectivity index (χ3n) is 3.39. The van der Waals surface area contributed by atoms with Gasteiger partial charge in [0.1, 0.15) is 0 Å². The van der Waals surface area contributed by atoms with Crippen LogP contribution in [0.2, 0.25) is 0 Å². The van der Waals surface area contributed by atoms with E-state index < -0.39 is 0 Å². The van der Waals surface area contributed by atoms with Crippen LogP contribution in [0.4, 0.5) is 0 Å². The summed E-state index contributed by atoms with van der Waals surface area (Å²) in [5.74, 6) is 0.842. The Kier molecular flexibility index (Phi) is 2.47. The first-order chi connectivity index (χ1) is 7.43. The normalized spacial score (nSPS) is 31.5. The van der Waals surface area contributed by atoms with Crippen molar-refractivity contribution in [1.82, 2.24) is 5.32 Å². The molecule has 1 aliphatic carbocycles. The van der Waals surface area contributed by atoms with Gasteiger partial charge in [0.05, 0.1) is 18.8 Å². The number of hydrogen-bond acceptors (Lipinski definition) is 2. The molecule has 80 valence electrons. The molecule has 3 rings (SSSR count). The van der Waals surface area contributed by atoms with Crippen LogP contribution >= 0.6 is 0 Å². The molecular weight excluding hydrogens is 186 g/mol. The average molecular weight is 203 g/mol. The zero-order chi connectivity index (χ0) is 10.1. The lowest BCUT2D eigenvalue weighted by molar-refractivity contribution is -0.00857. The third-order valence-corrected chi connectivity index (χ3v) is 3.39. The van der Waals surface area contributed by atoms with Crippen molar-refractivity contribution >= 4 is 0 Å². The zero-order valence-electron chi connectivity index (χ0n) is 8.86. The number of nitrogens with one attached hydrogen (secondary N) is 1. The lowest BCUT2D eigenvalue weighted by atomic mass is 10.1. The van der Waals surface area contributed by atoms with Crippen molar-refractivity contribution in [2.75, 3.05) is 13.2 Å². The van der Waals surface area contributed by atoms with Crippen molar-refractivity contribution in [2.45, 2.75) is 25.0 Å². The number of rotatable bonds is 2. The van der Waals surface area contributed by atoms with Gasteiger partial charge in [-0.15, -0.1) is 0 Å². The van der Waals surface area contributed by atoms with Gasteiger partial charge < -0.3 is 10.1 Å². The largest absolute Gasteiger partial charge is 0.375 e. The number of hydrogen-bond donors (Lipinski definition) is 1. The van der Waals surface area contributed by atoms with Crippen LogP contribution in [0, 0.1) is 5.92 Å². The van der Waals surface area contributed by atoms with Crippen LogP contribution in [0.15, 0.2) is 30.3 Å². The van der Waals surface area contributed by atoms with Crippen LogP contribution in [-0.4, -0.2) is 19.3 Å². The predicted molar refractivity (Wildman–Crippen MR) is 59.6 cm³/mol. The Morgan fingerprint density at radius 2 is 1.93 bits per heavy atom. The van der Waals surface area contributed by atoms with Crippen molar-refractivity contribution in [3.63, 3.8) is 0 Å². The van der Waals surface area contributed by atoms with Gasteiger partial charge in [0.25, 0.3) is 0 Å². The van der Waals surface area contributed by atoms with Crippen LogP contribution in [0.25, 0.3) is 0 Å². The van der Waals surface area contributed by atoms with E-state index in [2.05, 4.69) is 35.6 Å². The van der Waals surface area contributed by atoms with E-state index in [0.29, 0.717) is 12.1 Å². The smallest absolute Gasteiger partial charge is 0.0728 e. The van der Waals surface area contributed by atoms with E-state index in [1.54, 1.807) is 0 Å². The average Bonchev–Trinajstić information content (AvgIpc) is 3.15. The van der Waals surface area contributed by atoms with Gasteiger partial charge >= 0.3 is 0 Å². The quantitative estimate of drug-likeness (QED) is 0.795. The molecule has 0 amide bonds. The van der Waals surface area contributed by atoms with Crippen LogP contribution in [-0.2, 0) is 4.74 Å². The highest BCUT2D eigenvalue weighted by Gasteiger charge is 2.35. The fraction of sp³-hybridized carbons (Fsp3) is 0.538. The Labute approximate surface area is 90.6 Å². The van der Waals surface area contributed by atoms with Crippen LogP contribution in [0.5, 0.6) is 0 Å². The third kappa shape index (κ3) is 2.06. The first-order valence-corrected chi connectivity index (χ1v) is 5.83. The second-order valence-corrected chi connectivity index (χ2v) is 4.58. The van der Waals surface area contributed by atoms with Crippen LogP contribution in [0.3, 0.4) is 0 Å². The second-order valence-electron chi connectivity index (χ2n) is 4.58. The number of ether oxygens (including phenoxy) is 1. The summed E-state index contributed by atoms with van der Waals surface area (Å²) in [5, 5.41) is 3.58. The lowest BCUT2D eigenvalue weighted by Crippen LogP contribution is -2.42. The summed E-state index contributed by atoms with van der Waals surface area (Å²) in [5.41, 5.74) is 1.34. The molecule has 1 saturated carbocycles. The highest BCUT2D eigenvalue weighted by atomic mass is 16.5. The van der Waals surface area contributed by atoms with Gasteiger partial charge in [0.15, 0.2) is 0 Å². The monoisotopic (exact) mass is 203 g/mol. The molecule has 2 heteroatoms. The van der Waals surface area contributed by atoms with E-state index in [-0.39, 0.29) is 0 Å². The topological polar surface area (TPSA) is 21.3 Å². The highest BCUT2D eigenvalue weighted by molar-refractivity contribution is 5.19. The van der Waals surface area contributed by atoms with E-state index in [1.807, 2.05) is 0 Å². The van der Waals surface area contributed by atoms with Crippen molar-refractivity contribution < 1.29 is 4.74 Å². The fourth-order valence-corrected chi connectivity index (χ4v) is 2.27. The summed E-state index contributed by atoms with van der Waals surface area (Å²) in [6, 6.07) is 11.0. The molecule has 1 heterocycles. The predicted octanol–water partition coefficient (Wildman–Crippen LogP) is 2.13. The Morgan fingerprint density at radius 1 is 1.13 bits per heavy atom. The van der Waals surface area contributed by atoms with E-state index in [9.17, 15) is 0 Å². The van der Waals surface area contributed by atoms with E-state index in [0.717, 1.165) is 19.1 Å². The molecule has 1 aromatic rings. The molecule has 1 saturated heterocycles. The molecule has 0 bridgehead atoms. The maximum atomic E-state index is 5.91. The molecule has 2 aliphatic rings. The summed E-state index contributed by atoms with van der Waals surface area (Å²) < 4.78 is 5.91. The van der Waals surface area contributed by atoms with Gasteiger partial charge in [-0.2, -0.15) is 0 Å². The Bertz CT molecular complexity index is 313. The fourth-order valence-electron chi connectivity index (χ4n) is 2.27. The molecule has 2 nitrogen and oxygen atoms in total. The standard InChI is InChI=1S/C13H17NO/c1-2-4-10(5-3-1)12-9-15-13(8-14-12)11-6-7-11/h1-5,11-14H,6-9H2/t12-,13+/m0/s1. The molecule has 1 N–H and O–H groups in total. The maximum Gasteiger partial charge on any atom is 0.0728 e.